The zero-order valence-corrected chi connectivity index (χ0v) is 16.0. The van der Waals surface area contributed by atoms with Crippen molar-refractivity contribution in [2.24, 2.45) is 0 Å². The van der Waals surface area contributed by atoms with Crippen molar-refractivity contribution in [2.75, 3.05) is 13.1 Å². The van der Waals surface area contributed by atoms with E-state index in [1.807, 2.05) is 49.4 Å². The van der Waals surface area contributed by atoms with E-state index in [0.717, 1.165) is 5.56 Å². The number of rotatable bonds is 3. The number of carbonyl (C=O) groups excluding carboxylic acids is 1. The normalized spacial score (nSPS) is 19.7. The molecule has 0 saturated carbocycles. The summed E-state index contributed by atoms with van der Waals surface area (Å²) in [5, 5.41) is 0.526. The third-order valence-corrected chi connectivity index (χ3v) is 5.13. The maximum Gasteiger partial charge on any atom is 0.261 e. The number of benzene rings is 2. The number of hydrogen-bond donors (Lipinski definition) is 0. The van der Waals surface area contributed by atoms with Crippen LogP contribution in [0, 0.1) is 6.92 Å². The maximum absolute atomic E-state index is 13.0. The number of hydrogen-bond acceptors (Lipinski definition) is 4. The van der Waals surface area contributed by atoms with E-state index >= 15 is 0 Å². The summed E-state index contributed by atoms with van der Waals surface area (Å²) in [6.07, 6.45) is -0.239. The Balaban J connectivity index is 1.58. The highest BCUT2D eigenvalue weighted by molar-refractivity contribution is 5.79. The third-order valence-electron chi connectivity index (χ3n) is 5.13. The fourth-order valence-corrected chi connectivity index (χ4v) is 3.71. The molecule has 2 aromatic carbocycles. The molecule has 1 fully saturated rings. The third kappa shape index (κ3) is 3.55. The monoisotopic (exact) mass is 377 g/mol. The van der Waals surface area contributed by atoms with Crippen molar-refractivity contribution in [3.05, 3.63) is 76.3 Å². The van der Waals surface area contributed by atoms with E-state index in [1.54, 1.807) is 24.0 Å². The van der Waals surface area contributed by atoms with Gasteiger partial charge in [0.15, 0.2) is 0 Å². The van der Waals surface area contributed by atoms with E-state index in [1.165, 1.54) is 4.57 Å². The van der Waals surface area contributed by atoms with Crippen molar-refractivity contribution in [2.45, 2.75) is 32.6 Å². The van der Waals surface area contributed by atoms with Crippen LogP contribution in [0.5, 0.6) is 0 Å². The van der Waals surface area contributed by atoms with Gasteiger partial charge in [0.05, 0.1) is 23.6 Å². The number of fused-ring (bicyclic) bond motifs is 1. The smallest absolute Gasteiger partial charge is 0.261 e. The Morgan fingerprint density at radius 3 is 2.61 bits per heavy atom. The van der Waals surface area contributed by atoms with Crippen LogP contribution in [0.15, 0.2) is 59.4 Å². The predicted molar refractivity (Wildman–Crippen MR) is 107 cm³/mol. The van der Waals surface area contributed by atoms with Crippen LogP contribution < -0.4 is 5.56 Å². The van der Waals surface area contributed by atoms with Crippen LogP contribution in [0.3, 0.4) is 0 Å². The molecule has 2 unspecified atom stereocenters. The Labute approximate surface area is 163 Å². The Hall–Kier alpha value is -2.99. The van der Waals surface area contributed by atoms with E-state index in [9.17, 15) is 9.59 Å². The molecule has 4 rings (SSSR count). The second-order valence-electron chi connectivity index (χ2n) is 7.21. The second kappa shape index (κ2) is 7.56. The van der Waals surface area contributed by atoms with Crippen LogP contribution in [0.1, 0.15) is 24.4 Å². The van der Waals surface area contributed by atoms with Gasteiger partial charge in [-0.3, -0.25) is 14.2 Å². The summed E-state index contributed by atoms with van der Waals surface area (Å²) < 4.78 is 7.49. The Morgan fingerprint density at radius 2 is 1.82 bits per heavy atom. The molecule has 0 bridgehead atoms. The average Bonchev–Trinajstić information content (AvgIpc) is 2.71. The molecule has 0 N–H and O–H groups in total. The van der Waals surface area contributed by atoms with Gasteiger partial charge in [0.1, 0.15) is 18.5 Å². The first kappa shape index (κ1) is 18.4. The van der Waals surface area contributed by atoms with E-state index in [-0.39, 0.29) is 30.2 Å². The van der Waals surface area contributed by atoms with Gasteiger partial charge in [0.2, 0.25) is 5.91 Å². The van der Waals surface area contributed by atoms with E-state index < -0.39 is 0 Å². The van der Waals surface area contributed by atoms with Crippen LogP contribution in [-0.2, 0) is 16.1 Å². The number of aryl methyl sites for hydroxylation is 1. The standard InChI is InChI=1S/C22H23N3O3/c1-15-12-24(13-20(28-15)17-8-4-3-5-9-17)21(26)14-25-16(2)23-19-11-7-6-10-18(19)22(25)27/h3-11,15,20H,12-14H2,1-2H3. The Morgan fingerprint density at radius 1 is 1.11 bits per heavy atom. The minimum atomic E-state index is -0.183. The van der Waals surface area contributed by atoms with Gasteiger partial charge in [-0.1, -0.05) is 42.5 Å². The molecule has 144 valence electrons. The van der Waals surface area contributed by atoms with Gasteiger partial charge >= 0.3 is 0 Å². The van der Waals surface area contributed by atoms with Crippen molar-refractivity contribution in [3.63, 3.8) is 0 Å². The summed E-state index contributed by atoms with van der Waals surface area (Å²) in [5.74, 6) is 0.441. The molecule has 1 aliphatic heterocycles. The molecule has 0 radical (unpaired) electrons. The minimum absolute atomic E-state index is 0.0171. The van der Waals surface area contributed by atoms with Crippen LogP contribution in [0.4, 0.5) is 0 Å². The lowest BCUT2D eigenvalue weighted by Crippen LogP contribution is -2.47. The van der Waals surface area contributed by atoms with E-state index in [4.69, 9.17) is 4.74 Å². The summed E-state index contributed by atoms with van der Waals surface area (Å²) in [4.78, 5) is 32.1. The molecule has 2 heterocycles. The number of ether oxygens (including phenoxy) is 1. The Bertz CT molecular complexity index is 1060. The summed E-state index contributed by atoms with van der Waals surface area (Å²) in [6, 6.07) is 17.1. The largest absolute Gasteiger partial charge is 0.367 e. The van der Waals surface area contributed by atoms with Gasteiger partial charge in [-0.25, -0.2) is 4.98 Å². The summed E-state index contributed by atoms with van der Waals surface area (Å²) >= 11 is 0. The molecule has 3 aromatic rings. The van der Waals surface area contributed by atoms with Gasteiger partial charge in [-0.15, -0.1) is 0 Å². The number of amides is 1. The first-order valence-corrected chi connectivity index (χ1v) is 9.47. The van der Waals surface area contributed by atoms with Gasteiger partial charge in [0.25, 0.3) is 5.56 Å². The molecule has 0 aliphatic carbocycles. The number of morpholine rings is 1. The van der Waals surface area contributed by atoms with E-state index in [2.05, 4.69) is 4.98 Å². The average molecular weight is 377 g/mol. The highest BCUT2D eigenvalue weighted by atomic mass is 16.5. The molecule has 28 heavy (non-hydrogen) atoms. The minimum Gasteiger partial charge on any atom is -0.367 e. The molecule has 1 aliphatic rings. The molecular weight excluding hydrogens is 354 g/mol. The van der Waals surface area contributed by atoms with Crippen LogP contribution in [0.25, 0.3) is 10.9 Å². The molecule has 1 saturated heterocycles. The van der Waals surface area contributed by atoms with Gasteiger partial charge in [-0.2, -0.15) is 0 Å². The molecule has 6 heteroatoms. The molecule has 0 spiro atoms. The fourth-order valence-electron chi connectivity index (χ4n) is 3.71. The number of nitrogens with zero attached hydrogens (tertiary/aromatic N) is 3. The van der Waals surface area contributed by atoms with Crippen LogP contribution in [-0.4, -0.2) is 39.6 Å². The van der Waals surface area contributed by atoms with Gasteiger partial charge in [0, 0.05) is 6.54 Å². The van der Waals surface area contributed by atoms with Crippen molar-refractivity contribution in [3.8, 4) is 0 Å². The zero-order chi connectivity index (χ0) is 19.7. The van der Waals surface area contributed by atoms with E-state index in [0.29, 0.717) is 29.8 Å². The summed E-state index contributed by atoms with van der Waals surface area (Å²) in [5.41, 5.74) is 1.52. The molecule has 1 amide bonds. The summed E-state index contributed by atoms with van der Waals surface area (Å²) in [7, 11) is 0. The molecule has 2 atom stereocenters. The van der Waals surface area contributed by atoms with Crippen molar-refractivity contribution >= 4 is 16.8 Å². The highest BCUT2D eigenvalue weighted by Crippen LogP contribution is 2.25. The van der Waals surface area contributed by atoms with Crippen LogP contribution >= 0.6 is 0 Å². The van der Waals surface area contributed by atoms with Crippen molar-refractivity contribution in [1.29, 1.82) is 0 Å². The number of para-hydroxylation sites is 1. The lowest BCUT2D eigenvalue weighted by molar-refractivity contribution is -0.145. The van der Waals surface area contributed by atoms with Crippen molar-refractivity contribution < 1.29 is 9.53 Å². The van der Waals surface area contributed by atoms with Gasteiger partial charge in [-0.05, 0) is 31.5 Å². The molecule has 1 aromatic heterocycles. The summed E-state index contributed by atoms with van der Waals surface area (Å²) in [6.45, 7) is 4.69. The number of carbonyl (C=O) groups is 1. The maximum atomic E-state index is 13.0. The van der Waals surface area contributed by atoms with Crippen LogP contribution in [0.2, 0.25) is 0 Å². The quantitative estimate of drug-likeness (QED) is 0.704. The highest BCUT2D eigenvalue weighted by Gasteiger charge is 2.29. The zero-order valence-electron chi connectivity index (χ0n) is 16.0. The predicted octanol–water partition coefficient (Wildman–Crippen LogP) is 2.69. The first-order valence-electron chi connectivity index (χ1n) is 9.47. The fraction of sp³-hybridized carbons (Fsp3) is 0.318. The Kier molecular flexibility index (Phi) is 4.96. The lowest BCUT2D eigenvalue weighted by Gasteiger charge is -2.37. The molecular formula is C22H23N3O3. The van der Waals surface area contributed by atoms with Gasteiger partial charge < -0.3 is 9.64 Å². The lowest BCUT2D eigenvalue weighted by atomic mass is 10.1. The first-order chi connectivity index (χ1) is 13.5. The number of aromatic nitrogens is 2. The topological polar surface area (TPSA) is 64.4 Å². The van der Waals surface area contributed by atoms with Crippen molar-refractivity contribution in [1.82, 2.24) is 14.5 Å². The second-order valence-corrected chi connectivity index (χ2v) is 7.21. The molecule has 6 nitrogen and oxygen atoms in total. The SMILES string of the molecule is Cc1nc2ccccc2c(=O)n1CC(=O)N1CC(C)OC(c2ccccc2)C1.